The lowest BCUT2D eigenvalue weighted by molar-refractivity contribution is -0.384. The molecule has 3 aromatic carbocycles. The molecule has 0 saturated carbocycles. The number of benzene rings is 3. The molecule has 0 heterocycles. The fraction of sp³-hybridized carbons (Fsp3) is 0.472. The van der Waals surface area contributed by atoms with Crippen molar-refractivity contribution >= 4 is 29.5 Å². The van der Waals surface area contributed by atoms with E-state index in [1.807, 2.05) is 0 Å². The number of nitrogens with one attached hydrogen (secondary N) is 1. The fourth-order valence-electron chi connectivity index (χ4n) is 5.88. The Morgan fingerprint density at radius 2 is 1.31 bits per heavy atom. The standard InChI is InChI=1S/C36H49N2O6P/c1-44-26-28-45(32-17-11-9-12-18-32,33-19-13-10-14-20-33)27-16-8-6-4-2-3-5-7-15-21-35(40)37-34(29-39)36(41)30-22-24-31(25-23-30)38(42)43/h9-14,17-20,22-25,34,36,39,41H,2-8,15-16,21,26-29H2,1H3/p+1/t34-,36-/m1/s1. The summed E-state index contributed by atoms with van der Waals surface area (Å²) in [6.45, 7) is 0.337. The van der Waals surface area contributed by atoms with Crippen molar-refractivity contribution in [2.75, 3.05) is 32.6 Å². The molecule has 0 bridgehead atoms. The van der Waals surface area contributed by atoms with Crippen LogP contribution in [0, 0.1) is 10.1 Å². The largest absolute Gasteiger partial charge is 0.394 e. The third-order valence-corrected chi connectivity index (χ3v) is 13.1. The molecule has 0 saturated heterocycles. The van der Waals surface area contributed by atoms with Crippen LogP contribution in [0.25, 0.3) is 0 Å². The van der Waals surface area contributed by atoms with Crippen molar-refractivity contribution in [1.82, 2.24) is 5.32 Å². The lowest BCUT2D eigenvalue weighted by atomic mass is 10.0. The average molecular weight is 638 g/mol. The van der Waals surface area contributed by atoms with E-state index >= 15 is 0 Å². The SMILES string of the molecule is COCC[P+](CCCCCCCCCCCC(=O)N[C@H](CO)[C@H](O)c1ccc([N+](=O)[O-])cc1)(c1ccccc1)c1ccccc1. The number of rotatable bonds is 22. The highest BCUT2D eigenvalue weighted by atomic mass is 31.2. The first-order valence-electron chi connectivity index (χ1n) is 16.2. The fourth-order valence-corrected chi connectivity index (χ4v) is 10.2. The van der Waals surface area contributed by atoms with Gasteiger partial charge in [-0.3, -0.25) is 14.9 Å². The summed E-state index contributed by atoms with van der Waals surface area (Å²) < 4.78 is 5.58. The Morgan fingerprint density at radius 3 is 1.80 bits per heavy atom. The van der Waals surface area contributed by atoms with Crippen LogP contribution < -0.4 is 15.9 Å². The molecule has 3 aromatic rings. The first-order chi connectivity index (χ1) is 21.9. The molecule has 45 heavy (non-hydrogen) atoms. The molecule has 2 atom stereocenters. The van der Waals surface area contributed by atoms with E-state index in [9.17, 15) is 25.1 Å². The first kappa shape index (κ1) is 36.3. The predicted molar refractivity (Wildman–Crippen MR) is 184 cm³/mol. The number of carbonyl (C=O) groups excluding carboxylic acids is 1. The number of hydrogen-bond donors (Lipinski definition) is 3. The number of non-ortho nitro benzene ring substituents is 1. The Kier molecular flexibility index (Phi) is 16.2. The summed E-state index contributed by atoms with van der Waals surface area (Å²) in [6.07, 6.45) is 11.5. The van der Waals surface area contributed by atoms with Gasteiger partial charge < -0.3 is 20.3 Å². The van der Waals surface area contributed by atoms with E-state index in [2.05, 4.69) is 66.0 Å². The molecule has 0 radical (unpaired) electrons. The van der Waals surface area contributed by atoms with Crippen LogP contribution in [0.4, 0.5) is 5.69 Å². The van der Waals surface area contributed by atoms with Gasteiger partial charge in [0.1, 0.15) is 6.10 Å². The molecule has 0 aliphatic heterocycles. The Morgan fingerprint density at radius 1 is 0.800 bits per heavy atom. The first-order valence-corrected chi connectivity index (χ1v) is 18.4. The Hall–Kier alpha value is -3.16. The van der Waals surface area contributed by atoms with E-state index in [-0.39, 0.29) is 11.6 Å². The van der Waals surface area contributed by atoms with Gasteiger partial charge in [-0.05, 0) is 61.2 Å². The van der Waals surface area contributed by atoms with Crippen LogP contribution >= 0.6 is 7.26 Å². The van der Waals surface area contributed by atoms with E-state index in [0.717, 1.165) is 38.5 Å². The number of unbranched alkanes of at least 4 members (excludes halogenated alkanes) is 8. The van der Waals surface area contributed by atoms with E-state index in [0.29, 0.717) is 12.0 Å². The minimum atomic E-state index is -1.55. The number of hydrogen-bond acceptors (Lipinski definition) is 6. The number of aliphatic hydroxyl groups is 2. The van der Waals surface area contributed by atoms with Crippen LogP contribution in [-0.4, -0.2) is 59.7 Å². The summed E-state index contributed by atoms with van der Waals surface area (Å²) in [6, 6.07) is 26.6. The van der Waals surface area contributed by atoms with Crippen molar-refractivity contribution in [1.29, 1.82) is 0 Å². The molecule has 0 spiro atoms. The maximum atomic E-state index is 12.4. The van der Waals surface area contributed by atoms with Crippen molar-refractivity contribution in [2.45, 2.75) is 76.4 Å². The van der Waals surface area contributed by atoms with E-state index in [4.69, 9.17) is 4.74 Å². The number of methoxy groups -OCH3 is 1. The number of nitro groups is 1. The van der Waals surface area contributed by atoms with Gasteiger partial charge in [0.25, 0.3) is 5.69 Å². The van der Waals surface area contributed by atoms with Gasteiger partial charge in [-0.1, -0.05) is 74.9 Å². The van der Waals surface area contributed by atoms with E-state index in [1.165, 1.54) is 73.1 Å². The van der Waals surface area contributed by atoms with Gasteiger partial charge in [-0.15, -0.1) is 0 Å². The van der Waals surface area contributed by atoms with Crippen LogP contribution in [0.5, 0.6) is 0 Å². The normalized spacial score (nSPS) is 12.9. The number of carbonyl (C=O) groups is 1. The Bertz CT molecular complexity index is 1220. The third-order valence-electron chi connectivity index (χ3n) is 8.49. The molecular weight excluding hydrogens is 587 g/mol. The van der Waals surface area contributed by atoms with Gasteiger partial charge in [0.15, 0.2) is 0 Å². The topological polar surface area (TPSA) is 122 Å². The van der Waals surface area contributed by atoms with Gasteiger partial charge in [-0.25, -0.2) is 0 Å². The molecule has 244 valence electrons. The molecule has 0 fully saturated rings. The zero-order chi connectivity index (χ0) is 32.3. The minimum Gasteiger partial charge on any atom is -0.394 e. The Balaban J connectivity index is 1.32. The van der Waals surface area contributed by atoms with Crippen LogP contribution in [0.1, 0.15) is 75.9 Å². The van der Waals surface area contributed by atoms with E-state index in [1.54, 1.807) is 7.11 Å². The summed E-state index contributed by atoms with van der Waals surface area (Å²) in [5.74, 6) is -0.217. The lowest BCUT2D eigenvalue weighted by Gasteiger charge is -2.27. The van der Waals surface area contributed by atoms with Crippen molar-refractivity contribution in [3.8, 4) is 0 Å². The van der Waals surface area contributed by atoms with Crippen LogP contribution in [-0.2, 0) is 9.53 Å². The molecule has 3 rings (SSSR count). The van der Waals surface area contributed by atoms with Gasteiger partial charge in [0.2, 0.25) is 5.91 Å². The second-order valence-corrected chi connectivity index (χ2v) is 15.5. The summed E-state index contributed by atoms with van der Waals surface area (Å²) in [5.41, 5.74) is 0.318. The second kappa shape index (κ2) is 20.1. The van der Waals surface area contributed by atoms with Gasteiger partial charge in [-0.2, -0.15) is 0 Å². The van der Waals surface area contributed by atoms with Gasteiger partial charge in [0.05, 0.1) is 54.4 Å². The summed E-state index contributed by atoms with van der Waals surface area (Å²) >= 11 is 0. The average Bonchev–Trinajstić information content (AvgIpc) is 3.08. The monoisotopic (exact) mass is 637 g/mol. The molecule has 0 aliphatic carbocycles. The van der Waals surface area contributed by atoms with Crippen molar-refractivity contribution < 1.29 is 24.7 Å². The van der Waals surface area contributed by atoms with E-state index < -0.39 is 30.9 Å². The van der Waals surface area contributed by atoms with Crippen LogP contribution in [0.2, 0.25) is 0 Å². The molecule has 0 aromatic heterocycles. The highest BCUT2D eigenvalue weighted by molar-refractivity contribution is 7.89. The zero-order valence-electron chi connectivity index (χ0n) is 26.6. The Labute approximate surface area is 268 Å². The smallest absolute Gasteiger partial charge is 0.269 e. The summed E-state index contributed by atoms with van der Waals surface area (Å²) in [4.78, 5) is 22.7. The highest BCUT2D eigenvalue weighted by Crippen LogP contribution is 2.56. The molecule has 0 unspecified atom stereocenters. The predicted octanol–water partition coefficient (Wildman–Crippen LogP) is 6.32. The highest BCUT2D eigenvalue weighted by Gasteiger charge is 2.41. The van der Waals surface area contributed by atoms with Gasteiger partial charge >= 0.3 is 0 Å². The number of amides is 1. The number of ether oxygens (including phenoxy) is 1. The second-order valence-electron chi connectivity index (χ2n) is 11.7. The van der Waals surface area contributed by atoms with Crippen LogP contribution in [0.3, 0.4) is 0 Å². The number of aliphatic hydroxyl groups excluding tert-OH is 2. The zero-order valence-corrected chi connectivity index (χ0v) is 27.5. The lowest BCUT2D eigenvalue weighted by Crippen LogP contribution is -2.41. The third kappa shape index (κ3) is 11.6. The van der Waals surface area contributed by atoms with Crippen molar-refractivity contribution in [2.24, 2.45) is 0 Å². The molecule has 3 N–H and O–H groups in total. The van der Waals surface area contributed by atoms with Crippen molar-refractivity contribution in [3.63, 3.8) is 0 Å². The summed E-state index contributed by atoms with van der Waals surface area (Å²) in [5, 5.41) is 36.7. The number of nitrogens with zero attached hydrogens (tertiary/aromatic N) is 1. The molecule has 9 heteroatoms. The number of nitro benzene ring substituents is 1. The van der Waals surface area contributed by atoms with Gasteiger partial charge in [0, 0.05) is 25.7 Å². The molecular formula is C36H50N2O6P+. The maximum Gasteiger partial charge on any atom is 0.269 e. The molecule has 8 nitrogen and oxygen atoms in total. The summed E-state index contributed by atoms with van der Waals surface area (Å²) in [7, 11) is 0.251. The quantitative estimate of drug-likeness (QED) is 0.0513. The van der Waals surface area contributed by atoms with Crippen LogP contribution in [0.15, 0.2) is 84.9 Å². The molecule has 0 aliphatic rings. The minimum absolute atomic E-state index is 0.0841. The van der Waals surface area contributed by atoms with Crippen molar-refractivity contribution in [3.05, 3.63) is 101 Å². The molecule has 1 amide bonds. The maximum absolute atomic E-state index is 12.4.